The van der Waals surface area contributed by atoms with E-state index in [4.69, 9.17) is 4.42 Å². The number of furan rings is 1. The van der Waals surface area contributed by atoms with Crippen LogP contribution in [0.3, 0.4) is 0 Å². The zero-order valence-electron chi connectivity index (χ0n) is 17.2. The maximum absolute atomic E-state index is 13.1. The molecule has 0 atom stereocenters. The third-order valence-corrected chi connectivity index (χ3v) is 4.87. The number of rotatable bonds is 7. The molecule has 0 fully saturated rings. The van der Waals surface area contributed by atoms with Gasteiger partial charge >= 0.3 is 6.18 Å². The van der Waals surface area contributed by atoms with Crippen LogP contribution in [0.4, 0.5) is 19.1 Å². The van der Waals surface area contributed by atoms with Gasteiger partial charge in [0.1, 0.15) is 5.76 Å². The maximum Gasteiger partial charge on any atom is 0.416 e. The second-order valence-corrected chi connectivity index (χ2v) is 7.29. The fraction of sp³-hybridized carbons (Fsp3) is 0.174. The average Bonchev–Trinajstić information content (AvgIpc) is 3.40. The first-order valence-electron chi connectivity index (χ1n) is 10.00. The van der Waals surface area contributed by atoms with Crippen molar-refractivity contribution in [2.24, 2.45) is 0 Å². The van der Waals surface area contributed by atoms with E-state index in [1.807, 2.05) is 18.2 Å². The molecule has 0 unspecified atom stereocenters. The van der Waals surface area contributed by atoms with Gasteiger partial charge in [-0.3, -0.25) is 14.9 Å². The Morgan fingerprint density at radius 3 is 2.48 bits per heavy atom. The Hall–Kier alpha value is -4.08. The zero-order valence-corrected chi connectivity index (χ0v) is 17.2. The van der Waals surface area contributed by atoms with Crippen LogP contribution in [0.25, 0.3) is 11.0 Å². The Balaban J connectivity index is 1.51. The van der Waals surface area contributed by atoms with E-state index >= 15 is 0 Å². The molecule has 2 amide bonds. The number of alkyl halides is 3. The third kappa shape index (κ3) is 5.40. The molecule has 7 nitrogen and oxygen atoms in total. The van der Waals surface area contributed by atoms with Gasteiger partial charge in [0.05, 0.1) is 42.4 Å². The molecule has 4 rings (SSSR count). The monoisotopic (exact) mass is 456 g/mol. The molecule has 2 heterocycles. The number of nitrogens with zero attached hydrogens (tertiary/aromatic N) is 2. The summed E-state index contributed by atoms with van der Waals surface area (Å²) in [4.78, 5) is 28.7. The summed E-state index contributed by atoms with van der Waals surface area (Å²) in [6, 6.07) is 15.6. The minimum Gasteiger partial charge on any atom is -0.467 e. The number of benzene rings is 2. The molecule has 0 aliphatic rings. The second kappa shape index (κ2) is 9.19. The molecule has 0 radical (unpaired) electrons. The van der Waals surface area contributed by atoms with Crippen LogP contribution in [-0.2, 0) is 28.7 Å². The Kier molecular flexibility index (Phi) is 6.16. The van der Waals surface area contributed by atoms with Crippen molar-refractivity contribution >= 4 is 28.8 Å². The molecule has 10 heteroatoms. The fourth-order valence-electron chi connectivity index (χ4n) is 3.31. The molecule has 2 aromatic heterocycles. The van der Waals surface area contributed by atoms with Crippen LogP contribution < -0.4 is 10.6 Å². The Labute approximate surface area is 186 Å². The number of fused-ring (bicyclic) bond motifs is 1. The molecule has 4 aromatic rings. The quantitative estimate of drug-likeness (QED) is 0.440. The van der Waals surface area contributed by atoms with E-state index in [1.54, 1.807) is 24.3 Å². The summed E-state index contributed by atoms with van der Waals surface area (Å²) >= 11 is 0. The van der Waals surface area contributed by atoms with E-state index in [2.05, 4.69) is 15.6 Å². The van der Waals surface area contributed by atoms with Crippen LogP contribution in [0.15, 0.2) is 71.3 Å². The summed E-state index contributed by atoms with van der Waals surface area (Å²) < 4.78 is 46.2. The number of imidazole rings is 1. The number of anilines is 1. The minimum atomic E-state index is -4.52. The smallest absolute Gasteiger partial charge is 0.416 e. The van der Waals surface area contributed by atoms with Crippen LogP contribution in [0, 0.1) is 0 Å². The van der Waals surface area contributed by atoms with Gasteiger partial charge in [0.2, 0.25) is 17.8 Å². The standard InChI is InChI=1S/C23H19F3N4O3/c24-23(25,26)16-8-9-19-18(12-16)28-22(30(19)14-17-7-4-10-33-17)29-21(32)13-27-20(31)11-15-5-2-1-3-6-15/h1-10,12H,11,13-14H2,(H,27,31)(H,28,29,32). The van der Waals surface area contributed by atoms with Gasteiger partial charge in [0.25, 0.3) is 0 Å². The van der Waals surface area contributed by atoms with Gasteiger partial charge in [-0.2, -0.15) is 13.2 Å². The Morgan fingerprint density at radius 2 is 1.79 bits per heavy atom. The van der Waals surface area contributed by atoms with Crippen molar-refractivity contribution in [2.45, 2.75) is 19.1 Å². The first-order valence-corrected chi connectivity index (χ1v) is 10.00. The minimum absolute atomic E-state index is 0.0445. The number of halogens is 3. The number of carbonyl (C=O) groups excluding carboxylic acids is 2. The number of hydrogen-bond acceptors (Lipinski definition) is 4. The summed E-state index contributed by atoms with van der Waals surface area (Å²) in [6.07, 6.45) is -2.94. The lowest BCUT2D eigenvalue weighted by Crippen LogP contribution is -2.34. The van der Waals surface area contributed by atoms with Crippen LogP contribution in [-0.4, -0.2) is 27.9 Å². The normalized spacial score (nSPS) is 11.5. The first kappa shape index (κ1) is 22.1. The van der Waals surface area contributed by atoms with Gasteiger partial charge in [0.15, 0.2) is 0 Å². The summed E-state index contributed by atoms with van der Waals surface area (Å²) in [6.45, 7) is -0.172. The third-order valence-electron chi connectivity index (χ3n) is 4.87. The molecule has 0 bridgehead atoms. The molecule has 2 aromatic carbocycles. The molecule has 33 heavy (non-hydrogen) atoms. The molecule has 0 saturated heterocycles. The number of amides is 2. The summed E-state index contributed by atoms with van der Waals surface area (Å²) in [5.74, 6) is -0.331. The van der Waals surface area contributed by atoms with Gasteiger partial charge in [-0.05, 0) is 35.9 Å². The molecular formula is C23H19F3N4O3. The van der Waals surface area contributed by atoms with Crippen molar-refractivity contribution in [1.82, 2.24) is 14.9 Å². The molecular weight excluding hydrogens is 437 g/mol. The Bertz CT molecular complexity index is 1270. The van der Waals surface area contributed by atoms with Crippen LogP contribution >= 0.6 is 0 Å². The van der Waals surface area contributed by atoms with Gasteiger partial charge in [-0.1, -0.05) is 30.3 Å². The molecule has 0 aliphatic carbocycles. The SMILES string of the molecule is O=C(Cc1ccccc1)NCC(=O)Nc1nc2cc(C(F)(F)F)ccc2n1Cc1ccco1. The van der Waals surface area contributed by atoms with Crippen molar-refractivity contribution in [3.8, 4) is 0 Å². The van der Waals surface area contributed by atoms with E-state index in [-0.39, 0.29) is 36.9 Å². The van der Waals surface area contributed by atoms with Gasteiger partial charge in [0, 0.05) is 0 Å². The highest BCUT2D eigenvalue weighted by Crippen LogP contribution is 2.32. The first-order chi connectivity index (χ1) is 15.8. The van der Waals surface area contributed by atoms with Crippen molar-refractivity contribution in [3.05, 3.63) is 83.8 Å². The van der Waals surface area contributed by atoms with Crippen molar-refractivity contribution in [2.75, 3.05) is 11.9 Å². The largest absolute Gasteiger partial charge is 0.467 e. The maximum atomic E-state index is 13.1. The molecule has 0 spiro atoms. The lowest BCUT2D eigenvalue weighted by atomic mass is 10.1. The number of nitrogens with one attached hydrogen (secondary N) is 2. The topological polar surface area (TPSA) is 89.2 Å². The van der Waals surface area contributed by atoms with Crippen molar-refractivity contribution in [1.29, 1.82) is 0 Å². The summed E-state index contributed by atoms with van der Waals surface area (Å²) in [5.41, 5.74) is 0.419. The molecule has 170 valence electrons. The number of hydrogen-bond donors (Lipinski definition) is 2. The van der Waals surface area contributed by atoms with Crippen LogP contribution in [0.1, 0.15) is 16.9 Å². The van der Waals surface area contributed by atoms with Crippen LogP contribution in [0.5, 0.6) is 0 Å². The van der Waals surface area contributed by atoms with E-state index in [0.717, 1.165) is 17.7 Å². The van der Waals surface area contributed by atoms with Gasteiger partial charge in [-0.15, -0.1) is 0 Å². The zero-order chi connectivity index (χ0) is 23.4. The average molecular weight is 456 g/mol. The van der Waals surface area contributed by atoms with E-state index in [0.29, 0.717) is 11.3 Å². The number of carbonyl (C=O) groups is 2. The summed E-state index contributed by atoms with van der Waals surface area (Å²) in [5, 5.41) is 5.09. The van der Waals surface area contributed by atoms with Gasteiger partial charge in [-0.25, -0.2) is 4.98 Å². The second-order valence-electron chi connectivity index (χ2n) is 7.29. The van der Waals surface area contributed by atoms with E-state index in [1.165, 1.54) is 16.9 Å². The predicted octanol–water partition coefficient (Wildman–Crippen LogP) is 3.99. The highest BCUT2D eigenvalue weighted by Gasteiger charge is 2.31. The molecule has 0 aliphatic heterocycles. The van der Waals surface area contributed by atoms with Gasteiger partial charge < -0.3 is 14.3 Å². The van der Waals surface area contributed by atoms with Crippen molar-refractivity contribution in [3.63, 3.8) is 0 Å². The highest BCUT2D eigenvalue weighted by molar-refractivity contribution is 5.95. The van der Waals surface area contributed by atoms with E-state index < -0.39 is 17.6 Å². The van der Waals surface area contributed by atoms with Crippen LogP contribution in [0.2, 0.25) is 0 Å². The molecule has 0 saturated carbocycles. The van der Waals surface area contributed by atoms with E-state index in [9.17, 15) is 22.8 Å². The lowest BCUT2D eigenvalue weighted by Gasteiger charge is -2.10. The van der Waals surface area contributed by atoms with Crippen molar-refractivity contribution < 1.29 is 27.2 Å². The lowest BCUT2D eigenvalue weighted by molar-refractivity contribution is -0.137. The number of aromatic nitrogens is 2. The fourth-order valence-corrected chi connectivity index (χ4v) is 3.31. The Morgan fingerprint density at radius 1 is 1.00 bits per heavy atom. The predicted molar refractivity (Wildman–Crippen MR) is 114 cm³/mol. The summed E-state index contributed by atoms with van der Waals surface area (Å²) in [7, 11) is 0. The molecule has 2 N–H and O–H groups in total. The highest BCUT2D eigenvalue weighted by atomic mass is 19.4.